The predicted molar refractivity (Wildman–Crippen MR) is 105 cm³/mol. The molecule has 146 valence electrons. The van der Waals surface area contributed by atoms with Crippen LogP contribution >= 0.6 is 15.9 Å². The summed E-state index contributed by atoms with van der Waals surface area (Å²) in [6.45, 7) is -1.80. The zero-order chi connectivity index (χ0) is 19.6. The Balaban J connectivity index is 1.94. The van der Waals surface area contributed by atoms with Crippen molar-refractivity contribution in [1.82, 2.24) is 0 Å². The third kappa shape index (κ3) is 5.10. The molecule has 9 heteroatoms. The fourth-order valence-electron chi connectivity index (χ4n) is 3.25. The molecule has 5 nitrogen and oxygen atoms in total. The Bertz CT molecular complexity index is 938. The van der Waals surface area contributed by atoms with E-state index >= 15 is 0 Å². The van der Waals surface area contributed by atoms with Gasteiger partial charge in [0.05, 0.1) is 11.9 Å². The molecule has 0 amide bonds. The van der Waals surface area contributed by atoms with Crippen LogP contribution in [0, 0.1) is 0 Å². The quantitative estimate of drug-likeness (QED) is 0.694. The molecule has 0 aromatic heterocycles. The molecule has 0 spiro atoms. The lowest BCUT2D eigenvalue weighted by molar-refractivity contribution is -0.0504. The number of sulfonamides is 1. The van der Waals surface area contributed by atoms with E-state index in [9.17, 15) is 17.2 Å². The average molecular weight is 461 g/mol. The van der Waals surface area contributed by atoms with E-state index in [4.69, 9.17) is 0 Å². The zero-order valence-corrected chi connectivity index (χ0v) is 17.0. The Morgan fingerprint density at radius 2 is 2.07 bits per heavy atom. The van der Waals surface area contributed by atoms with Gasteiger partial charge < -0.3 is 9.64 Å². The van der Waals surface area contributed by atoms with E-state index in [2.05, 4.69) is 25.4 Å². The highest BCUT2D eigenvalue weighted by Crippen LogP contribution is 2.35. The van der Waals surface area contributed by atoms with Crippen LogP contribution in [0.15, 0.2) is 40.9 Å². The van der Waals surface area contributed by atoms with Crippen molar-refractivity contribution in [3.05, 3.63) is 52.0 Å². The fraction of sp³-hybridized carbons (Fsp3) is 0.333. The first-order chi connectivity index (χ1) is 12.7. The van der Waals surface area contributed by atoms with Gasteiger partial charge in [-0.25, -0.2) is 8.42 Å². The van der Waals surface area contributed by atoms with Crippen molar-refractivity contribution in [3.8, 4) is 5.75 Å². The number of halogens is 3. The summed E-state index contributed by atoms with van der Waals surface area (Å²) in [5.74, 6) is 0.130. The molecular weight excluding hydrogens is 442 g/mol. The van der Waals surface area contributed by atoms with Crippen LogP contribution in [-0.4, -0.2) is 27.8 Å². The van der Waals surface area contributed by atoms with Gasteiger partial charge in [0.1, 0.15) is 5.75 Å². The lowest BCUT2D eigenvalue weighted by atomic mass is 9.99. The van der Waals surface area contributed by atoms with Gasteiger partial charge in [0.15, 0.2) is 0 Å². The maximum Gasteiger partial charge on any atom is 0.387 e. The molecule has 0 fully saturated rings. The van der Waals surface area contributed by atoms with Gasteiger partial charge in [-0.1, -0.05) is 22.0 Å². The van der Waals surface area contributed by atoms with Crippen molar-refractivity contribution in [1.29, 1.82) is 0 Å². The number of hydrogen-bond acceptors (Lipinski definition) is 4. The first-order valence-corrected chi connectivity index (χ1v) is 11.0. The molecule has 0 aliphatic carbocycles. The second kappa shape index (κ2) is 8.02. The number of nitrogens with zero attached hydrogens (tertiary/aromatic N) is 1. The van der Waals surface area contributed by atoms with Gasteiger partial charge >= 0.3 is 6.61 Å². The van der Waals surface area contributed by atoms with Crippen LogP contribution in [0.5, 0.6) is 5.75 Å². The highest BCUT2D eigenvalue weighted by Gasteiger charge is 2.22. The number of alkyl halides is 2. The van der Waals surface area contributed by atoms with E-state index in [1.54, 1.807) is 24.3 Å². The van der Waals surface area contributed by atoms with E-state index in [-0.39, 0.29) is 5.75 Å². The van der Waals surface area contributed by atoms with Crippen LogP contribution in [0.4, 0.5) is 20.2 Å². The van der Waals surface area contributed by atoms with Crippen LogP contribution in [0.1, 0.15) is 17.5 Å². The second-order valence-corrected chi connectivity index (χ2v) is 9.00. The predicted octanol–water partition coefficient (Wildman–Crippen LogP) is 4.37. The Kier molecular flexibility index (Phi) is 5.90. The number of nitrogens with one attached hydrogen (secondary N) is 1. The van der Waals surface area contributed by atoms with Crippen LogP contribution in [-0.2, 0) is 23.0 Å². The molecule has 1 aliphatic rings. The average Bonchev–Trinajstić information content (AvgIpc) is 2.56. The molecule has 0 bridgehead atoms. The Labute approximate surface area is 165 Å². The van der Waals surface area contributed by atoms with Gasteiger partial charge in [-0.15, -0.1) is 0 Å². The molecule has 27 heavy (non-hydrogen) atoms. The van der Waals surface area contributed by atoms with E-state index in [1.807, 2.05) is 11.0 Å². The zero-order valence-electron chi connectivity index (χ0n) is 14.6. The monoisotopic (exact) mass is 460 g/mol. The third-order valence-corrected chi connectivity index (χ3v) is 5.33. The number of rotatable bonds is 6. The minimum atomic E-state index is -3.39. The van der Waals surface area contributed by atoms with Crippen LogP contribution in [0.25, 0.3) is 0 Å². The largest absolute Gasteiger partial charge is 0.434 e. The number of benzene rings is 2. The summed E-state index contributed by atoms with van der Waals surface area (Å²) in [5, 5.41) is 0. The van der Waals surface area contributed by atoms with Crippen molar-refractivity contribution >= 4 is 37.3 Å². The summed E-state index contributed by atoms with van der Waals surface area (Å²) in [5.41, 5.74) is 2.97. The summed E-state index contributed by atoms with van der Waals surface area (Å²) in [7, 11) is -3.39. The summed E-state index contributed by atoms with van der Waals surface area (Å²) < 4.78 is 56.7. The summed E-state index contributed by atoms with van der Waals surface area (Å²) in [6, 6.07) is 10.3. The second-order valence-electron chi connectivity index (χ2n) is 6.33. The number of anilines is 2. The first-order valence-electron chi connectivity index (χ1n) is 8.31. The first kappa shape index (κ1) is 19.9. The minimum Gasteiger partial charge on any atom is -0.434 e. The van der Waals surface area contributed by atoms with Gasteiger partial charge in [0, 0.05) is 28.8 Å². The summed E-state index contributed by atoms with van der Waals surface area (Å²) >= 11 is 3.37. The van der Waals surface area contributed by atoms with E-state index in [0.717, 1.165) is 41.4 Å². The molecule has 1 N–H and O–H groups in total. The third-order valence-electron chi connectivity index (χ3n) is 4.24. The van der Waals surface area contributed by atoms with Crippen molar-refractivity contribution in [2.75, 3.05) is 22.4 Å². The number of fused-ring (bicyclic) bond motifs is 1. The molecule has 3 rings (SSSR count). The van der Waals surface area contributed by atoms with Gasteiger partial charge in [-0.05, 0) is 48.7 Å². The van der Waals surface area contributed by atoms with Crippen molar-refractivity contribution in [3.63, 3.8) is 0 Å². The van der Waals surface area contributed by atoms with Crippen molar-refractivity contribution in [2.24, 2.45) is 0 Å². The molecule has 2 aromatic carbocycles. The fourth-order valence-corrected chi connectivity index (χ4v) is 4.25. The lowest BCUT2D eigenvalue weighted by Gasteiger charge is -2.33. The van der Waals surface area contributed by atoms with Crippen molar-refractivity contribution in [2.45, 2.75) is 26.0 Å². The van der Waals surface area contributed by atoms with Gasteiger partial charge in [-0.2, -0.15) is 8.78 Å². The molecule has 0 atom stereocenters. The molecular formula is C18H19BrF2N2O3S. The highest BCUT2D eigenvalue weighted by atomic mass is 79.9. The van der Waals surface area contributed by atoms with E-state index in [1.165, 1.54) is 6.07 Å². The minimum absolute atomic E-state index is 0.130. The van der Waals surface area contributed by atoms with Gasteiger partial charge in [-0.3, -0.25) is 4.72 Å². The van der Waals surface area contributed by atoms with Crippen LogP contribution < -0.4 is 14.4 Å². The summed E-state index contributed by atoms with van der Waals surface area (Å²) in [4.78, 5) is 2.05. The van der Waals surface area contributed by atoms with Crippen LogP contribution in [0.3, 0.4) is 0 Å². The molecule has 2 aromatic rings. The molecule has 1 aliphatic heterocycles. The maximum atomic E-state index is 12.7. The normalized spacial score (nSPS) is 14.2. The van der Waals surface area contributed by atoms with E-state index < -0.39 is 16.6 Å². The Morgan fingerprint density at radius 1 is 1.30 bits per heavy atom. The molecule has 0 saturated carbocycles. The Hall–Kier alpha value is -1.87. The maximum absolute atomic E-state index is 12.7. The number of hydrogen-bond donors (Lipinski definition) is 1. The highest BCUT2D eigenvalue weighted by molar-refractivity contribution is 9.10. The van der Waals surface area contributed by atoms with Crippen LogP contribution in [0.2, 0.25) is 0 Å². The van der Waals surface area contributed by atoms with Gasteiger partial charge in [0.2, 0.25) is 10.0 Å². The van der Waals surface area contributed by atoms with Gasteiger partial charge in [0.25, 0.3) is 0 Å². The molecule has 1 heterocycles. The molecule has 0 saturated heterocycles. The smallest absolute Gasteiger partial charge is 0.387 e. The van der Waals surface area contributed by atoms with Crippen molar-refractivity contribution < 1.29 is 21.9 Å². The summed E-state index contributed by atoms with van der Waals surface area (Å²) in [6.07, 6.45) is 2.68. The Morgan fingerprint density at radius 3 is 2.78 bits per heavy atom. The number of ether oxygens (including phenoxy) is 1. The SMILES string of the molecule is CS(=O)(=O)Nc1cccc2c1CCCN2Cc1cc(Br)ccc1OC(F)F. The molecule has 0 unspecified atom stereocenters. The molecule has 0 radical (unpaired) electrons. The standard InChI is InChI=1S/C18H19BrF2N2O3S/c1-27(24,25)22-15-5-2-6-16-14(15)4-3-9-23(16)11-12-10-13(19)7-8-17(12)26-18(20)21/h2,5-8,10,18,22H,3-4,9,11H2,1H3. The lowest BCUT2D eigenvalue weighted by Crippen LogP contribution is -2.30. The van der Waals surface area contributed by atoms with E-state index in [0.29, 0.717) is 17.8 Å². The topological polar surface area (TPSA) is 58.6 Å².